The minimum Gasteiger partial charge on any atom is -0.497 e. The van der Waals surface area contributed by atoms with Gasteiger partial charge in [-0.3, -0.25) is 141 Å². The average molecular weight is 2100 g/mol. The second kappa shape index (κ2) is 49.1. The van der Waals surface area contributed by atoms with Gasteiger partial charge in [0.25, 0.3) is 34.6 Å². The van der Waals surface area contributed by atoms with Crippen molar-refractivity contribution >= 4 is 153 Å². The third-order valence-electron chi connectivity index (χ3n) is 22.6. The zero-order valence-corrected chi connectivity index (χ0v) is 81.4. The maximum Gasteiger partial charge on any atom is 0.523 e. The number of nitrogens with one attached hydrogen (secondary N) is 4. The fourth-order valence-electron chi connectivity index (χ4n) is 15.6. The molecule has 12 aromatic rings. The van der Waals surface area contributed by atoms with Crippen LogP contribution in [0.25, 0.3) is 44.1 Å². The number of rotatable bonds is 19. The minimum atomic E-state index is -5.93. The van der Waals surface area contributed by atoms with E-state index in [2.05, 4.69) is 25.1 Å². The van der Waals surface area contributed by atoms with Crippen molar-refractivity contribution in [3.05, 3.63) is 278 Å². The smallest absolute Gasteiger partial charge is 0.497 e. The Morgan fingerprint density at radius 3 is 1.25 bits per heavy atom. The van der Waals surface area contributed by atoms with Crippen molar-refractivity contribution < 1.29 is 132 Å². The molecule has 57 heteroatoms. The van der Waals surface area contributed by atoms with Gasteiger partial charge < -0.3 is 45.6 Å². The number of carbonyl (C=O) groups is 10. The van der Waals surface area contributed by atoms with E-state index in [-0.39, 0.29) is 126 Å². The van der Waals surface area contributed by atoms with E-state index >= 15 is 0 Å². The Kier molecular flexibility index (Phi) is 37.8. The summed E-state index contributed by atoms with van der Waals surface area (Å²) in [6.07, 6.45) is 1.01. The van der Waals surface area contributed by atoms with E-state index in [0.29, 0.717) is 67.2 Å². The standard InChI is InChI=1S/C21H20N4O6.C14H14F3NO6S.C13H12N4O5.C13H14N4O3.C8H7N3O3.C8H8N2O4.C7H4FNO4.C4H8O.C4H10O/c1-22-19-15(4-3-5-16(19)25(29)30)24(21(22)28)17-10-11-18(26)23(20(17)27)12-13-6-8-14(31-2)9-7-13;1-23-10-4-2-9(3-5-10)8-18-12(19)7-6-11(13(18)20)24-25(21,22)14(15,16)17;1-15-11-7(3-2-4-8(11)17(21)22)16(13(15)20)9-5-6-10(18)14-12(9)19;1-16-11-7(14)3-2-4-8(11)17(13(16)20)9-5-6-10(18)15-12(9)19;1-10-7-5(9-8(10)12)3-2-4-6(7)11(13)14;1-9-7-5(8(11)12)3-2-4-6(7)10(13)14;8-6-4(7(10)11)2-1-3-5(6)9(12)13;1-2-4-5-3-1;1-4(2,3)5/h3-9,17H,10-12H2,1-2H3;2-5,11H,6-8H2,1H3;2-4,9H,5-6H2,1H3,(H,14,18,19);2-4,9H,5-6,14H2,1H3,(H,15,18,19);2-4H,1H3,(H,9,12);2-4,9H,1H3,(H,11,12);1-3H,(H,10,11);1-4H2;5H,1-3H3. The average Bonchev–Trinajstić information content (AvgIpc) is 1.72. The molecular formula is C92H97F4N19O33S. The molecular weight excluding hydrogens is 2010 g/mol. The van der Waals surface area contributed by atoms with Crippen LogP contribution in [-0.4, -0.2) is 206 Å². The second-order valence-corrected chi connectivity index (χ2v) is 35.2. The highest BCUT2D eigenvalue weighted by Crippen LogP contribution is 2.36. The van der Waals surface area contributed by atoms with Crippen LogP contribution in [0.1, 0.15) is 135 Å². The van der Waals surface area contributed by atoms with E-state index in [1.165, 1.54) is 130 Å². The number of aromatic amines is 1. The van der Waals surface area contributed by atoms with Crippen LogP contribution in [0.3, 0.4) is 0 Å². The number of benzene rings is 8. The number of likely N-dealkylation sites (tertiary alicyclic amines) is 2. The van der Waals surface area contributed by atoms with Crippen LogP contribution in [0.2, 0.25) is 0 Å². The molecule has 4 unspecified atom stereocenters. The molecule has 8 aromatic carbocycles. The maximum absolute atomic E-state index is 13.3. The van der Waals surface area contributed by atoms with E-state index < -0.39 is 146 Å². The van der Waals surface area contributed by atoms with E-state index in [4.69, 9.17) is 35.3 Å². The lowest BCUT2D eigenvalue weighted by molar-refractivity contribution is -0.387. The van der Waals surface area contributed by atoms with Crippen molar-refractivity contribution in [3.63, 3.8) is 0 Å². The quantitative estimate of drug-likeness (QED) is 0.00711. The van der Waals surface area contributed by atoms with Crippen molar-refractivity contribution in [1.29, 1.82) is 0 Å². The number of aryl methyl sites for hydroxylation is 4. The fourth-order valence-corrected chi connectivity index (χ4v) is 16.2. The number of nitro benzene ring substituents is 5. The molecule has 5 aliphatic rings. The highest BCUT2D eigenvalue weighted by atomic mass is 32.2. The number of nitrogens with zero attached hydrogens (tertiary/aromatic N) is 14. The van der Waals surface area contributed by atoms with Crippen molar-refractivity contribution in [2.75, 3.05) is 45.5 Å². The van der Waals surface area contributed by atoms with Crippen LogP contribution >= 0.6 is 0 Å². The molecule has 52 nitrogen and oxygen atoms in total. The molecule has 4 aromatic heterocycles. The van der Waals surface area contributed by atoms with Gasteiger partial charge in [-0.05, 0) is 137 Å². The Morgan fingerprint density at radius 1 is 0.490 bits per heavy atom. The molecule has 0 spiro atoms. The predicted molar refractivity (Wildman–Crippen MR) is 518 cm³/mol. The van der Waals surface area contributed by atoms with E-state index in [0.717, 1.165) is 46.4 Å². The number of alkyl halides is 3. The Balaban J connectivity index is 0.000000193. The van der Waals surface area contributed by atoms with Gasteiger partial charge in [-0.2, -0.15) is 26.0 Å². The first-order chi connectivity index (χ1) is 70.0. The van der Waals surface area contributed by atoms with Gasteiger partial charge in [0, 0.05) is 104 Å². The number of carboxylic acid groups (broad SMARTS) is 2. The van der Waals surface area contributed by atoms with Gasteiger partial charge in [0.15, 0.2) is 6.10 Å². The Morgan fingerprint density at radius 2 is 0.852 bits per heavy atom. The zero-order valence-electron chi connectivity index (χ0n) is 80.6. The summed E-state index contributed by atoms with van der Waals surface area (Å²) >= 11 is 0. The van der Waals surface area contributed by atoms with E-state index in [9.17, 15) is 144 Å². The third kappa shape index (κ3) is 27.4. The number of hydrogen-bond donors (Lipinski definition) is 8. The lowest BCUT2D eigenvalue weighted by Crippen LogP contribution is -2.49. The monoisotopic (exact) mass is 2100 g/mol. The number of fused-ring (bicyclic) bond motifs is 4. The van der Waals surface area contributed by atoms with Gasteiger partial charge in [0.05, 0.1) is 96.4 Å². The number of imide groups is 4. The summed E-state index contributed by atoms with van der Waals surface area (Å²) < 4.78 is 100. The van der Waals surface area contributed by atoms with Gasteiger partial charge in [-0.25, -0.2) is 33.0 Å². The Hall–Kier alpha value is -17.9. The van der Waals surface area contributed by atoms with Gasteiger partial charge in [0.1, 0.15) is 57.4 Å². The number of H-pyrrole nitrogens is 1. The number of aliphatic hydroxyl groups is 1. The van der Waals surface area contributed by atoms with Gasteiger partial charge in [-0.1, -0.05) is 60.7 Å². The largest absolute Gasteiger partial charge is 0.523 e. The number of ether oxygens (including phenoxy) is 3. The van der Waals surface area contributed by atoms with Gasteiger partial charge >= 0.3 is 56.0 Å². The van der Waals surface area contributed by atoms with Gasteiger partial charge in [-0.15, -0.1) is 0 Å². The zero-order chi connectivity index (χ0) is 111. The van der Waals surface area contributed by atoms with Crippen molar-refractivity contribution in [3.8, 4) is 11.5 Å². The summed E-state index contributed by atoms with van der Waals surface area (Å²) in [5, 5.41) is 86.5. The molecule has 792 valence electrons. The number of imidazole rings is 4. The number of carbonyl (C=O) groups excluding carboxylic acids is 8. The number of carboxylic acids is 2. The maximum atomic E-state index is 13.3. The highest BCUT2D eigenvalue weighted by Gasteiger charge is 2.51. The first kappa shape index (κ1) is 115. The summed E-state index contributed by atoms with van der Waals surface area (Å²) in [7, 11) is 4.47. The van der Waals surface area contributed by atoms with Crippen molar-refractivity contribution in [1.82, 2.24) is 57.4 Å². The molecule has 0 radical (unpaired) electrons. The lowest BCUT2D eigenvalue weighted by atomic mass is 10.0. The highest BCUT2D eigenvalue weighted by molar-refractivity contribution is 7.87. The molecule has 0 saturated carbocycles. The number of aromatic nitrogens is 8. The molecule has 8 amide bonds. The number of anilines is 2. The summed E-state index contributed by atoms with van der Waals surface area (Å²) in [4.78, 5) is 221. The summed E-state index contributed by atoms with van der Waals surface area (Å²) in [6, 6.07) is 36.1. The molecule has 0 bridgehead atoms. The number of para-hydroxylation sites is 5. The van der Waals surface area contributed by atoms with E-state index in [1.807, 2.05) is 0 Å². The summed E-state index contributed by atoms with van der Waals surface area (Å²) in [5.74, 6) is -7.14. The van der Waals surface area contributed by atoms with Crippen molar-refractivity contribution in [2.45, 2.75) is 133 Å². The Labute approximate surface area is 836 Å². The fraction of sp³-hybridized carbons (Fsp3) is 0.326. The van der Waals surface area contributed by atoms with Crippen LogP contribution < -0.4 is 53.9 Å². The summed E-state index contributed by atoms with van der Waals surface area (Å²) in [5.41, 5.74) is 0.292. The number of nitrogen functional groups attached to an aromatic ring is 1. The second-order valence-electron chi connectivity index (χ2n) is 33.6. The van der Waals surface area contributed by atoms with Crippen molar-refractivity contribution in [2.24, 2.45) is 28.2 Å². The number of amides is 8. The third-order valence-corrected chi connectivity index (χ3v) is 23.6. The molecule has 9 heterocycles. The van der Waals surface area contributed by atoms with E-state index in [1.54, 1.807) is 120 Å². The molecule has 5 fully saturated rings. The van der Waals surface area contributed by atoms with Crippen LogP contribution in [0.4, 0.5) is 57.4 Å². The van der Waals surface area contributed by atoms with Crippen LogP contribution in [0.15, 0.2) is 177 Å². The lowest BCUT2D eigenvalue weighted by Gasteiger charge is -2.31. The molecule has 9 N–H and O–H groups in total. The predicted octanol–water partition coefficient (Wildman–Crippen LogP) is 8.97. The number of nitrogens with two attached hydrogens (primary N) is 1. The molecule has 5 aliphatic heterocycles. The molecule has 4 atom stereocenters. The van der Waals surface area contributed by atoms with Crippen LogP contribution in [0.5, 0.6) is 11.5 Å². The number of methoxy groups -OCH3 is 2. The molecule has 149 heavy (non-hydrogen) atoms. The van der Waals surface area contributed by atoms with Crippen LogP contribution in [-0.2, 0) is 98.7 Å². The van der Waals surface area contributed by atoms with Gasteiger partial charge in [0.2, 0.25) is 41.3 Å². The number of halogens is 4. The first-order valence-electron chi connectivity index (χ1n) is 44.2. The Bertz CT molecular complexity index is 7530. The SMILES string of the molecule is C1CCOC1.CC(C)(C)O.CNc1c(C(=O)O)cccc1[N+](=O)[O-].COc1ccc(CN2C(=O)CCC(OS(=O)(=O)C(F)(F)F)C2=O)cc1.COc1ccc(CN2C(=O)CCC(n3c(=O)n(C)c4c([N+](=O)[O-])cccc43)C2=O)cc1.Cn1c(=O)[nH]c2cccc([N+](=O)[O-])c21.Cn1c(=O)n(C2CCC(=O)NC2=O)c2cccc(N)c21.Cn1c(=O)n(C2CCC(=O)NC2=O)c2cccc([N+](=O)[O-])c21.O=C(O)c1cccc([N+](=O)[O-])c1F. The number of nitro groups is 5. The number of piperidine rings is 4. The number of hydrogen-bond acceptors (Lipinski definition) is 33. The first-order valence-corrected chi connectivity index (χ1v) is 45.7. The summed E-state index contributed by atoms with van der Waals surface area (Å²) in [6.45, 7) is 7.08. The topological polar surface area (TPSA) is 705 Å². The van der Waals surface area contributed by atoms with Crippen LogP contribution in [0, 0.1) is 56.4 Å². The number of non-ortho nitro benzene ring substituents is 3. The normalized spacial score (nSPS) is 16.0. The molecule has 0 aliphatic carbocycles. The molecule has 17 rings (SSSR count). The minimum absolute atomic E-state index is 0.0185. The number of aromatic carboxylic acids is 2. The molecule has 5 saturated heterocycles.